The second-order valence-electron chi connectivity index (χ2n) is 5.83. The third-order valence-electron chi connectivity index (χ3n) is 4.47. The molecule has 3 heteroatoms. The molecule has 2 fully saturated rings. The van der Waals surface area contributed by atoms with E-state index in [2.05, 4.69) is 21.8 Å². The highest BCUT2D eigenvalue weighted by Gasteiger charge is 2.29. The quantitative estimate of drug-likeness (QED) is 0.802. The van der Waals surface area contributed by atoms with Gasteiger partial charge >= 0.3 is 0 Å². The molecule has 1 aromatic rings. The number of aromatic nitrogens is 2. The number of nitrogens with zero attached hydrogens (tertiary/aromatic N) is 3. The normalized spacial score (nSPS) is 26.6. The Labute approximate surface area is 110 Å². The van der Waals surface area contributed by atoms with E-state index >= 15 is 0 Å². The van der Waals surface area contributed by atoms with Gasteiger partial charge in [-0.1, -0.05) is 12.8 Å². The summed E-state index contributed by atoms with van der Waals surface area (Å²) in [6, 6.07) is 2.83. The van der Waals surface area contributed by atoms with E-state index in [9.17, 15) is 0 Å². The lowest BCUT2D eigenvalue weighted by atomic mass is 9.95. The van der Waals surface area contributed by atoms with Gasteiger partial charge in [0.2, 0.25) is 0 Å². The molecule has 0 N–H and O–H groups in total. The van der Waals surface area contributed by atoms with Gasteiger partial charge in [-0.05, 0) is 45.2 Å². The maximum Gasteiger partial charge on any atom is 0.132 e. The Morgan fingerprint density at radius 3 is 2.78 bits per heavy atom. The minimum atomic E-state index is 0.555. The van der Waals surface area contributed by atoms with Crippen molar-refractivity contribution >= 4 is 0 Å². The Morgan fingerprint density at radius 2 is 2.00 bits per heavy atom. The van der Waals surface area contributed by atoms with Crippen LogP contribution in [0.2, 0.25) is 0 Å². The summed E-state index contributed by atoms with van der Waals surface area (Å²) in [6.07, 6.45) is 10.1. The zero-order valence-electron chi connectivity index (χ0n) is 11.3. The predicted octanol–water partition coefficient (Wildman–Crippen LogP) is 2.91. The van der Waals surface area contributed by atoms with E-state index in [-0.39, 0.29) is 0 Å². The molecule has 98 valence electrons. The van der Waals surface area contributed by atoms with E-state index in [0.717, 1.165) is 17.6 Å². The van der Waals surface area contributed by atoms with Gasteiger partial charge < -0.3 is 0 Å². The molecule has 1 aliphatic carbocycles. The zero-order chi connectivity index (χ0) is 12.4. The predicted molar refractivity (Wildman–Crippen MR) is 72.6 cm³/mol. The Balaban J connectivity index is 1.69. The van der Waals surface area contributed by atoms with Crippen molar-refractivity contribution in [1.29, 1.82) is 0 Å². The molecule has 0 bridgehead atoms. The molecule has 3 nitrogen and oxygen atoms in total. The molecule has 18 heavy (non-hydrogen) atoms. The summed E-state index contributed by atoms with van der Waals surface area (Å²) in [7, 11) is 0. The van der Waals surface area contributed by atoms with Crippen LogP contribution in [0.15, 0.2) is 12.3 Å². The fraction of sp³-hybridized carbons (Fsp3) is 0.733. The summed E-state index contributed by atoms with van der Waals surface area (Å²) in [6.45, 7) is 4.52. The second-order valence-corrected chi connectivity index (χ2v) is 5.83. The largest absolute Gasteiger partial charge is 0.300 e. The zero-order valence-corrected chi connectivity index (χ0v) is 11.3. The van der Waals surface area contributed by atoms with Crippen molar-refractivity contribution in [3.63, 3.8) is 0 Å². The molecule has 0 radical (unpaired) electrons. The Kier molecular flexibility index (Phi) is 3.59. The number of piperidine rings is 1. The fourth-order valence-electron chi connectivity index (χ4n) is 3.48. The van der Waals surface area contributed by atoms with Gasteiger partial charge in [0, 0.05) is 30.4 Å². The molecule has 0 amide bonds. The smallest absolute Gasteiger partial charge is 0.132 e. The monoisotopic (exact) mass is 245 g/mol. The lowest BCUT2D eigenvalue weighted by Gasteiger charge is -2.36. The molecule has 1 saturated carbocycles. The molecule has 2 heterocycles. The van der Waals surface area contributed by atoms with E-state index in [4.69, 9.17) is 0 Å². The molecule has 2 aliphatic rings. The summed E-state index contributed by atoms with van der Waals surface area (Å²) in [5.41, 5.74) is 1.10. The van der Waals surface area contributed by atoms with Gasteiger partial charge in [-0.2, -0.15) is 0 Å². The second kappa shape index (κ2) is 5.35. The van der Waals surface area contributed by atoms with Crippen molar-refractivity contribution < 1.29 is 0 Å². The first kappa shape index (κ1) is 12.1. The fourth-order valence-corrected chi connectivity index (χ4v) is 3.48. The van der Waals surface area contributed by atoms with Gasteiger partial charge in [0.05, 0.1) is 0 Å². The molecular formula is C15H23N3. The van der Waals surface area contributed by atoms with Gasteiger partial charge in [0.15, 0.2) is 0 Å². The Morgan fingerprint density at radius 1 is 1.17 bits per heavy atom. The van der Waals surface area contributed by atoms with Gasteiger partial charge in [0.25, 0.3) is 0 Å². The van der Waals surface area contributed by atoms with Crippen molar-refractivity contribution in [2.45, 2.75) is 57.4 Å². The van der Waals surface area contributed by atoms with E-state index < -0.39 is 0 Å². The molecule has 1 aromatic heterocycles. The van der Waals surface area contributed by atoms with Crippen LogP contribution in [0.25, 0.3) is 0 Å². The van der Waals surface area contributed by atoms with Crippen molar-refractivity contribution in [2.75, 3.05) is 13.1 Å². The van der Waals surface area contributed by atoms with Crippen molar-refractivity contribution in [2.24, 2.45) is 0 Å². The molecule has 0 unspecified atom stereocenters. The van der Waals surface area contributed by atoms with Crippen molar-refractivity contribution in [3.8, 4) is 0 Å². The third kappa shape index (κ3) is 2.56. The summed E-state index contributed by atoms with van der Waals surface area (Å²) in [5, 5.41) is 0. The van der Waals surface area contributed by atoms with Gasteiger partial charge in [-0.3, -0.25) is 4.90 Å². The average Bonchev–Trinajstić information content (AvgIpc) is 2.93. The molecule has 1 atom stereocenters. The van der Waals surface area contributed by atoms with Crippen LogP contribution < -0.4 is 0 Å². The van der Waals surface area contributed by atoms with E-state index in [1.165, 1.54) is 51.6 Å². The number of likely N-dealkylation sites (tertiary alicyclic amines) is 1. The molecule has 3 rings (SSSR count). The standard InChI is InChI=1S/C15H23N3/c1-12-8-9-16-15(17-12)13-5-4-10-18(11-13)14-6-2-3-7-14/h8-9,13-14H,2-7,10-11H2,1H3/t13-/m0/s1. The topological polar surface area (TPSA) is 29.0 Å². The first-order valence-electron chi connectivity index (χ1n) is 7.36. The van der Waals surface area contributed by atoms with Gasteiger partial charge in [-0.25, -0.2) is 9.97 Å². The van der Waals surface area contributed by atoms with E-state index in [1.807, 2.05) is 12.3 Å². The van der Waals surface area contributed by atoms with Crippen LogP contribution in [0.5, 0.6) is 0 Å². The van der Waals surface area contributed by atoms with Gasteiger partial charge in [-0.15, -0.1) is 0 Å². The van der Waals surface area contributed by atoms with Crippen LogP contribution in [0, 0.1) is 6.92 Å². The number of hydrogen-bond acceptors (Lipinski definition) is 3. The lowest BCUT2D eigenvalue weighted by molar-refractivity contribution is 0.147. The lowest BCUT2D eigenvalue weighted by Crippen LogP contribution is -2.41. The van der Waals surface area contributed by atoms with Crippen LogP contribution in [0.4, 0.5) is 0 Å². The summed E-state index contributed by atoms with van der Waals surface area (Å²) in [4.78, 5) is 11.8. The first-order valence-corrected chi connectivity index (χ1v) is 7.36. The minimum absolute atomic E-state index is 0.555. The maximum atomic E-state index is 4.62. The van der Waals surface area contributed by atoms with Crippen molar-refractivity contribution in [1.82, 2.24) is 14.9 Å². The highest BCUT2D eigenvalue weighted by Crippen LogP contribution is 2.30. The highest BCUT2D eigenvalue weighted by molar-refractivity contribution is 5.06. The summed E-state index contributed by atoms with van der Waals surface area (Å²) < 4.78 is 0. The van der Waals surface area contributed by atoms with E-state index in [1.54, 1.807) is 0 Å². The average molecular weight is 245 g/mol. The minimum Gasteiger partial charge on any atom is -0.300 e. The summed E-state index contributed by atoms with van der Waals surface area (Å²) >= 11 is 0. The number of aryl methyl sites for hydroxylation is 1. The maximum absolute atomic E-state index is 4.62. The number of hydrogen-bond donors (Lipinski definition) is 0. The Bertz CT molecular complexity index is 398. The van der Waals surface area contributed by atoms with Gasteiger partial charge in [0.1, 0.15) is 5.82 Å². The molecule has 1 saturated heterocycles. The molecule has 0 aromatic carbocycles. The Hall–Kier alpha value is -0.960. The third-order valence-corrected chi connectivity index (χ3v) is 4.47. The van der Waals surface area contributed by atoms with Crippen molar-refractivity contribution in [3.05, 3.63) is 23.8 Å². The van der Waals surface area contributed by atoms with Crippen LogP contribution in [-0.2, 0) is 0 Å². The first-order chi connectivity index (χ1) is 8.83. The molecular weight excluding hydrogens is 222 g/mol. The number of rotatable bonds is 2. The molecule has 0 spiro atoms. The van der Waals surface area contributed by atoms with Crippen LogP contribution in [0.3, 0.4) is 0 Å². The SMILES string of the molecule is Cc1ccnc([C@H]2CCCN(C3CCCC3)C2)n1. The highest BCUT2D eigenvalue weighted by atomic mass is 15.2. The van der Waals surface area contributed by atoms with Crippen LogP contribution in [0.1, 0.15) is 56.0 Å². The van der Waals surface area contributed by atoms with E-state index in [0.29, 0.717) is 5.92 Å². The van der Waals surface area contributed by atoms with Crippen LogP contribution >= 0.6 is 0 Å². The molecule has 1 aliphatic heterocycles. The van der Waals surface area contributed by atoms with Crippen LogP contribution in [-0.4, -0.2) is 34.0 Å². The summed E-state index contributed by atoms with van der Waals surface area (Å²) in [5.74, 6) is 1.62.